The molecule has 0 radical (unpaired) electrons. The van der Waals surface area contributed by atoms with E-state index in [9.17, 15) is 4.79 Å². The second-order valence-electron chi connectivity index (χ2n) is 4.99. The zero-order valence-corrected chi connectivity index (χ0v) is 11.2. The van der Waals surface area contributed by atoms with E-state index in [1.807, 2.05) is 31.2 Å². The van der Waals surface area contributed by atoms with E-state index in [0.717, 1.165) is 17.0 Å². The highest BCUT2D eigenvalue weighted by Gasteiger charge is 2.30. The topological polar surface area (TPSA) is 31.2 Å². The van der Waals surface area contributed by atoms with Gasteiger partial charge in [-0.25, -0.2) is 4.79 Å². The minimum Gasteiger partial charge on any atom is -0.465 e. The minimum absolute atomic E-state index is 0.255. The predicted molar refractivity (Wildman–Crippen MR) is 74.2 cm³/mol. The molecule has 1 aliphatic rings. The number of methoxy groups -OCH3 is 1. The summed E-state index contributed by atoms with van der Waals surface area (Å²) in [5.41, 5.74) is 3.94. The molecule has 3 heteroatoms. The number of ether oxygens (including phenoxy) is 1. The Morgan fingerprint density at radius 2 is 1.95 bits per heavy atom. The van der Waals surface area contributed by atoms with Crippen molar-refractivity contribution in [2.75, 3.05) is 7.11 Å². The normalized spacial score (nSPS) is 14.4. The van der Waals surface area contributed by atoms with Crippen LogP contribution in [-0.4, -0.2) is 17.6 Å². The zero-order valence-electron chi connectivity index (χ0n) is 11.2. The molecule has 0 saturated heterocycles. The first-order chi connectivity index (χ1) is 9.22. The maximum absolute atomic E-state index is 11.8. The van der Waals surface area contributed by atoms with Gasteiger partial charge in [0.15, 0.2) is 0 Å². The summed E-state index contributed by atoms with van der Waals surface area (Å²) in [7, 11) is 1.43. The second-order valence-corrected chi connectivity index (χ2v) is 4.99. The SMILES string of the molecule is COC(=O)c1cc(-c2ccccc2)n(C2CC2)c1C. The fourth-order valence-corrected chi connectivity index (χ4v) is 2.57. The summed E-state index contributed by atoms with van der Waals surface area (Å²) < 4.78 is 7.15. The number of esters is 1. The van der Waals surface area contributed by atoms with Gasteiger partial charge in [-0.2, -0.15) is 0 Å². The molecule has 1 fully saturated rings. The summed E-state index contributed by atoms with van der Waals surface area (Å²) in [6.45, 7) is 2.00. The number of nitrogens with zero attached hydrogens (tertiary/aromatic N) is 1. The first-order valence-electron chi connectivity index (χ1n) is 6.58. The maximum atomic E-state index is 11.8. The van der Waals surface area contributed by atoms with Crippen LogP contribution < -0.4 is 0 Å². The summed E-state index contributed by atoms with van der Waals surface area (Å²) in [6, 6.07) is 12.7. The highest BCUT2D eigenvalue weighted by molar-refractivity contribution is 5.92. The van der Waals surface area contributed by atoms with Crippen molar-refractivity contribution in [3.05, 3.63) is 47.7 Å². The van der Waals surface area contributed by atoms with E-state index in [-0.39, 0.29) is 5.97 Å². The summed E-state index contributed by atoms with van der Waals surface area (Å²) >= 11 is 0. The molecular formula is C16H17NO2. The molecular weight excluding hydrogens is 238 g/mol. The Kier molecular flexibility index (Phi) is 2.90. The minimum atomic E-state index is -0.255. The second kappa shape index (κ2) is 4.57. The number of carbonyl (C=O) groups excluding carboxylic acids is 1. The standard InChI is InChI=1S/C16H17NO2/c1-11-14(16(18)19-2)10-15(17(11)13-8-9-13)12-6-4-3-5-7-12/h3-7,10,13H,8-9H2,1-2H3. The van der Waals surface area contributed by atoms with Crippen molar-refractivity contribution in [2.45, 2.75) is 25.8 Å². The largest absolute Gasteiger partial charge is 0.465 e. The molecule has 0 N–H and O–H groups in total. The number of hydrogen-bond donors (Lipinski definition) is 0. The van der Waals surface area contributed by atoms with Crippen LogP contribution in [0.25, 0.3) is 11.3 Å². The van der Waals surface area contributed by atoms with Crippen molar-refractivity contribution < 1.29 is 9.53 Å². The van der Waals surface area contributed by atoms with Crippen LogP contribution >= 0.6 is 0 Å². The molecule has 1 aliphatic carbocycles. The van der Waals surface area contributed by atoms with Gasteiger partial charge in [-0.1, -0.05) is 30.3 Å². The monoisotopic (exact) mass is 255 g/mol. The van der Waals surface area contributed by atoms with Crippen LogP contribution in [0.4, 0.5) is 0 Å². The Balaban J connectivity index is 2.15. The average molecular weight is 255 g/mol. The van der Waals surface area contributed by atoms with Crippen molar-refractivity contribution in [3.8, 4) is 11.3 Å². The third kappa shape index (κ3) is 2.05. The van der Waals surface area contributed by atoms with Crippen LogP contribution in [0, 0.1) is 6.92 Å². The highest BCUT2D eigenvalue weighted by Crippen LogP contribution is 2.41. The number of hydrogen-bond acceptors (Lipinski definition) is 2. The number of carbonyl (C=O) groups is 1. The molecule has 1 heterocycles. The predicted octanol–water partition coefficient (Wildman–Crippen LogP) is 3.59. The van der Waals surface area contributed by atoms with Crippen molar-refractivity contribution in [1.29, 1.82) is 0 Å². The van der Waals surface area contributed by atoms with Crippen LogP contribution in [0.15, 0.2) is 36.4 Å². The summed E-state index contributed by atoms with van der Waals surface area (Å²) in [5.74, 6) is -0.255. The van der Waals surface area contributed by atoms with Crippen LogP contribution in [0.3, 0.4) is 0 Å². The summed E-state index contributed by atoms with van der Waals surface area (Å²) in [4.78, 5) is 11.8. The summed E-state index contributed by atoms with van der Waals surface area (Å²) in [5, 5.41) is 0. The van der Waals surface area contributed by atoms with Gasteiger partial charge in [0.2, 0.25) is 0 Å². The van der Waals surface area contributed by atoms with E-state index < -0.39 is 0 Å². The van der Waals surface area contributed by atoms with Gasteiger partial charge in [-0.3, -0.25) is 0 Å². The molecule has 0 amide bonds. The highest BCUT2D eigenvalue weighted by atomic mass is 16.5. The molecule has 0 aliphatic heterocycles. The average Bonchev–Trinajstić information content (AvgIpc) is 3.22. The van der Waals surface area contributed by atoms with Crippen LogP contribution in [-0.2, 0) is 4.74 Å². The lowest BCUT2D eigenvalue weighted by Gasteiger charge is -2.10. The quantitative estimate of drug-likeness (QED) is 0.785. The Morgan fingerprint density at radius 1 is 1.26 bits per heavy atom. The van der Waals surface area contributed by atoms with Crippen LogP contribution in [0.2, 0.25) is 0 Å². The molecule has 1 aromatic heterocycles. The maximum Gasteiger partial charge on any atom is 0.339 e. The smallest absolute Gasteiger partial charge is 0.339 e. The van der Waals surface area contributed by atoms with E-state index in [2.05, 4.69) is 16.7 Å². The van der Waals surface area contributed by atoms with Crippen LogP contribution in [0.1, 0.15) is 34.9 Å². The van der Waals surface area contributed by atoms with Gasteiger partial charge in [0.05, 0.1) is 12.7 Å². The lowest BCUT2D eigenvalue weighted by Crippen LogP contribution is -2.04. The Hall–Kier alpha value is -2.03. The molecule has 1 saturated carbocycles. The molecule has 0 atom stereocenters. The molecule has 3 nitrogen and oxygen atoms in total. The Bertz CT molecular complexity index is 609. The fraction of sp³-hybridized carbons (Fsp3) is 0.312. The molecule has 3 rings (SSSR count). The molecule has 1 aromatic carbocycles. The van der Waals surface area contributed by atoms with Crippen molar-refractivity contribution >= 4 is 5.97 Å². The van der Waals surface area contributed by atoms with Crippen LogP contribution in [0.5, 0.6) is 0 Å². The molecule has 0 bridgehead atoms. The van der Waals surface area contributed by atoms with Gasteiger partial charge in [0, 0.05) is 17.4 Å². The molecule has 98 valence electrons. The first kappa shape index (κ1) is 12.0. The van der Waals surface area contributed by atoms with E-state index in [0.29, 0.717) is 11.6 Å². The summed E-state index contributed by atoms with van der Waals surface area (Å²) in [6.07, 6.45) is 2.38. The van der Waals surface area contributed by atoms with Gasteiger partial charge in [-0.15, -0.1) is 0 Å². The Morgan fingerprint density at radius 3 is 2.53 bits per heavy atom. The third-order valence-corrected chi connectivity index (χ3v) is 3.68. The Labute approximate surface area is 112 Å². The van der Waals surface area contributed by atoms with Gasteiger partial charge in [-0.05, 0) is 31.4 Å². The molecule has 19 heavy (non-hydrogen) atoms. The van der Waals surface area contributed by atoms with Gasteiger partial charge >= 0.3 is 5.97 Å². The lowest BCUT2D eigenvalue weighted by molar-refractivity contribution is 0.0600. The fourth-order valence-electron chi connectivity index (χ4n) is 2.57. The van der Waals surface area contributed by atoms with Crippen molar-refractivity contribution in [1.82, 2.24) is 4.57 Å². The molecule has 2 aromatic rings. The number of rotatable bonds is 3. The van der Waals surface area contributed by atoms with E-state index in [1.165, 1.54) is 20.0 Å². The molecule has 0 unspecified atom stereocenters. The third-order valence-electron chi connectivity index (χ3n) is 3.68. The van der Waals surface area contributed by atoms with E-state index in [1.54, 1.807) is 0 Å². The molecule has 0 spiro atoms. The number of aromatic nitrogens is 1. The van der Waals surface area contributed by atoms with Gasteiger partial charge in [0.1, 0.15) is 0 Å². The van der Waals surface area contributed by atoms with Gasteiger partial charge < -0.3 is 9.30 Å². The lowest BCUT2D eigenvalue weighted by atomic mass is 10.1. The van der Waals surface area contributed by atoms with Crippen molar-refractivity contribution in [2.24, 2.45) is 0 Å². The van der Waals surface area contributed by atoms with Crippen molar-refractivity contribution in [3.63, 3.8) is 0 Å². The van der Waals surface area contributed by atoms with E-state index in [4.69, 9.17) is 4.74 Å². The number of benzene rings is 1. The van der Waals surface area contributed by atoms with E-state index >= 15 is 0 Å². The zero-order chi connectivity index (χ0) is 13.4. The first-order valence-corrected chi connectivity index (χ1v) is 6.58. The van der Waals surface area contributed by atoms with Gasteiger partial charge in [0.25, 0.3) is 0 Å².